The van der Waals surface area contributed by atoms with E-state index in [4.69, 9.17) is 5.26 Å². The third kappa shape index (κ3) is 7.34. The van der Waals surface area contributed by atoms with Crippen LogP contribution >= 0.6 is 7.60 Å². The smallest absolute Gasteiger partial charge is 0.766 e. The zero-order chi connectivity index (χ0) is 7.49. The summed E-state index contributed by atoms with van der Waals surface area (Å²) in [4.78, 5) is 10.2. The molecule has 0 heterocycles. The van der Waals surface area contributed by atoms with Gasteiger partial charge in [-0.25, -0.2) is 4.62 Å². The van der Waals surface area contributed by atoms with Crippen LogP contribution in [0.1, 0.15) is 0 Å². The topological polar surface area (TPSA) is 76.4 Å². The number of hydroxylamine groups is 2. The SMILES string of the molecule is CN(C)OP(=O)([O-])C#N.[K+]. The summed E-state index contributed by atoms with van der Waals surface area (Å²) in [5.41, 5.74) is 0. The van der Waals surface area contributed by atoms with Crippen LogP contribution in [0.25, 0.3) is 0 Å². The maximum absolute atomic E-state index is 10.2. The second-order valence-corrected chi connectivity index (χ2v) is 2.85. The molecule has 0 saturated carbocycles. The van der Waals surface area contributed by atoms with Crippen molar-refractivity contribution in [3.05, 3.63) is 0 Å². The first kappa shape index (κ1) is 13.8. The van der Waals surface area contributed by atoms with Gasteiger partial charge in [0.05, 0.1) is 0 Å². The van der Waals surface area contributed by atoms with Crippen LogP contribution in [-0.4, -0.2) is 19.2 Å². The van der Waals surface area contributed by atoms with Gasteiger partial charge < -0.3 is 4.89 Å². The van der Waals surface area contributed by atoms with Gasteiger partial charge >= 0.3 is 51.4 Å². The van der Waals surface area contributed by atoms with E-state index in [1.54, 1.807) is 0 Å². The van der Waals surface area contributed by atoms with E-state index < -0.39 is 7.60 Å². The van der Waals surface area contributed by atoms with Crippen molar-refractivity contribution in [2.45, 2.75) is 0 Å². The maximum atomic E-state index is 10.2. The number of hydrogen-bond donors (Lipinski definition) is 0. The molecule has 0 radical (unpaired) electrons. The van der Waals surface area contributed by atoms with E-state index >= 15 is 0 Å². The van der Waals surface area contributed by atoms with Gasteiger partial charge in [0.1, 0.15) is 5.81 Å². The van der Waals surface area contributed by atoms with E-state index in [0.717, 1.165) is 10.9 Å². The standard InChI is InChI=1S/C3H7N2O3P.K/c1-5(2)8-9(6,7)3-4;/h1-2H3,(H,6,7);/q;+1/p-1. The van der Waals surface area contributed by atoms with E-state index in [2.05, 4.69) is 4.62 Å². The number of nitriles is 1. The molecule has 5 nitrogen and oxygen atoms in total. The zero-order valence-electron chi connectivity index (χ0n) is 6.07. The fraction of sp³-hybridized carbons (Fsp3) is 0.667. The van der Waals surface area contributed by atoms with Gasteiger partial charge in [0.2, 0.25) is 0 Å². The van der Waals surface area contributed by atoms with Gasteiger partial charge in [0, 0.05) is 14.1 Å². The van der Waals surface area contributed by atoms with Crippen molar-refractivity contribution in [1.29, 1.82) is 5.26 Å². The van der Waals surface area contributed by atoms with Crippen LogP contribution in [0.4, 0.5) is 0 Å². The molecule has 0 rings (SSSR count). The van der Waals surface area contributed by atoms with Gasteiger partial charge in [0.25, 0.3) is 7.60 Å². The first-order valence-electron chi connectivity index (χ1n) is 2.07. The summed E-state index contributed by atoms with van der Waals surface area (Å²) in [5, 5.41) is 8.81. The first-order valence-corrected chi connectivity index (χ1v) is 3.61. The molecular formula is C3H6KN2O3P. The molecule has 0 fully saturated rings. The predicted molar refractivity (Wildman–Crippen MR) is 28.0 cm³/mol. The average molecular weight is 188 g/mol. The number of rotatable bonds is 2. The Morgan fingerprint density at radius 3 is 2.20 bits per heavy atom. The van der Waals surface area contributed by atoms with Gasteiger partial charge in [-0.15, -0.1) is 0 Å². The van der Waals surface area contributed by atoms with Crippen LogP contribution in [0.2, 0.25) is 0 Å². The molecule has 10 heavy (non-hydrogen) atoms. The van der Waals surface area contributed by atoms with Gasteiger partial charge in [-0.3, -0.25) is 4.57 Å². The molecule has 1 atom stereocenters. The largest absolute Gasteiger partial charge is 1.00 e. The number of nitrogens with zero attached hydrogens (tertiary/aromatic N) is 2. The molecule has 0 N–H and O–H groups in total. The number of hydrogen-bond acceptors (Lipinski definition) is 5. The summed E-state index contributed by atoms with van der Waals surface area (Å²) in [6.45, 7) is 0. The van der Waals surface area contributed by atoms with Crippen molar-refractivity contribution in [1.82, 2.24) is 5.06 Å². The predicted octanol–water partition coefficient (Wildman–Crippen LogP) is -3.48. The monoisotopic (exact) mass is 188 g/mol. The fourth-order valence-corrected chi connectivity index (χ4v) is 0.700. The minimum Gasteiger partial charge on any atom is -0.766 e. The van der Waals surface area contributed by atoms with E-state index in [0.29, 0.717) is 0 Å². The molecule has 0 aromatic rings. The summed E-state index contributed by atoms with van der Waals surface area (Å²) >= 11 is 0. The Morgan fingerprint density at radius 2 is 2.10 bits per heavy atom. The molecule has 0 saturated heterocycles. The molecule has 0 aromatic carbocycles. The van der Waals surface area contributed by atoms with Crippen molar-refractivity contribution in [3.8, 4) is 5.81 Å². The maximum Gasteiger partial charge on any atom is 1.00 e. The minimum atomic E-state index is -4.25. The van der Waals surface area contributed by atoms with Crippen LogP contribution in [0.15, 0.2) is 0 Å². The van der Waals surface area contributed by atoms with Crippen molar-refractivity contribution in [3.63, 3.8) is 0 Å². The third-order valence-electron chi connectivity index (χ3n) is 0.393. The molecule has 1 unspecified atom stereocenters. The second-order valence-electron chi connectivity index (χ2n) is 1.49. The molecular weight excluding hydrogens is 182 g/mol. The van der Waals surface area contributed by atoms with Gasteiger partial charge in [-0.2, -0.15) is 10.3 Å². The fourth-order valence-electron chi connectivity index (χ4n) is 0.233. The summed E-state index contributed by atoms with van der Waals surface area (Å²) in [7, 11) is -1.49. The molecule has 0 aliphatic heterocycles. The van der Waals surface area contributed by atoms with Crippen molar-refractivity contribution < 1.29 is 65.5 Å². The molecule has 7 heteroatoms. The second kappa shape index (κ2) is 5.83. The molecule has 0 amide bonds. The van der Waals surface area contributed by atoms with Crippen LogP contribution < -0.4 is 56.3 Å². The quantitative estimate of drug-likeness (QED) is 0.255. The third-order valence-corrected chi connectivity index (χ3v) is 1.18. The molecule has 0 aliphatic rings. The minimum absolute atomic E-state index is 0. The van der Waals surface area contributed by atoms with Gasteiger partial charge in [-0.05, 0) is 0 Å². The summed E-state index contributed by atoms with van der Waals surface area (Å²) < 4.78 is 14.3. The summed E-state index contributed by atoms with van der Waals surface area (Å²) in [5.74, 6) is 1.01. The Hall–Kier alpha value is 1.24. The van der Waals surface area contributed by atoms with Crippen LogP contribution in [0, 0.1) is 11.1 Å². The van der Waals surface area contributed by atoms with Crippen molar-refractivity contribution >= 4 is 7.60 Å². The van der Waals surface area contributed by atoms with E-state index in [1.165, 1.54) is 14.1 Å². The Labute approximate surface area is 102 Å². The Kier molecular flexibility index (Phi) is 8.05. The summed E-state index contributed by atoms with van der Waals surface area (Å²) in [6.07, 6.45) is 0. The molecule has 52 valence electrons. The van der Waals surface area contributed by atoms with Crippen molar-refractivity contribution in [2.75, 3.05) is 14.1 Å². The van der Waals surface area contributed by atoms with E-state index in [9.17, 15) is 9.46 Å². The van der Waals surface area contributed by atoms with Crippen molar-refractivity contribution in [2.24, 2.45) is 0 Å². The van der Waals surface area contributed by atoms with Crippen LogP contribution in [0.3, 0.4) is 0 Å². The van der Waals surface area contributed by atoms with E-state index in [-0.39, 0.29) is 51.4 Å². The van der Waals surface area contributed by atoms with Crippen LogP contribution in [-0.2, 0) is 9.19 Å². The Morgan fingerprint density at radius 1 is 1.70 bits per heavy atom. The first-order chi connectivity index (χ1) is 3.98. The Balaban J connectivity index is 0. The summed E-state index contributed by atoms with van der Waals surface area (Å²) in [6, 6.07) is 0. The zero-order valence-corrected chi connectivity index (χ0v) is 10.1. The Bertz CT molecular complexity index is 177. The normalized spacial score (nSPS) is 15.1. The average Bonchev–Trinajstić information content (AvgIpc) is 1.63. The molecule has 0 aromatic heterocycles. The van der Waals surface area contributed by atoms with E-state index in [1.807, 2.05) is 0 Å². The van der Waals surface area contributed by atoms with Crippen LogP contribution in [0.5, 0.6) is 0 Å². The van der Waals surface area contributed by atoms with Gasteiger partial charge in [-0.1, -0.05) is 0 Å². The molecule has 0 spiro atoms. The molecule has 0 aliphatic carbocycles. The van der Waals surface area contributed by atoms with Gasteiger partial charge in [0.15, 0.2) is 0 Å². The molecule has 0 bridgehead atoms.